The fourth-order valence-corrected chi connectivity index (χ4v) is 4.75. The summed E-state index contributed by atoms with van der Waals surface area (Å²) in [5.74, 6) is -1.55. The molecule has 0 spiro atoms. The Bertz CT molecular complexity index is 1540. The molecule has 14 heteroatoms. The second-order valence-corrected chi connectivity index (χ2v) is 9.16. The van der Waals surface area contributed by atoms with E-state index in [0.717, 1.165) is 17.8 Å². The molecule has 0 aliphatic heterocycles. The SMILES string of the molecule is Cc1ccc(-c2cc(C(F)(F)F)nc3sc(C(N)=O)c(NC(=O)CCn4ncc([N+](=O)[O-])c4C)c23)cc1. The van der Waals surface area contributed by atoms with Gasteiger partial charge >= 0.3 is 11.9 Å². The summed E-state index contributed by atoms with van der Waals surface area (Å²) in [5.41, 5.74) is 5.78. The van der Waals surface area contributed by atoms with E-state index in [4.69, 9.17) is 5.73 Å². The third-order valence-electron chi connectivity index (χ3n) is 5.63. The number of benzene rings is 1. The molecule has 0 aliphatic carbocycles. The highest BCUT2D eigenvalue weighted by Crippen LogP contribution is 2.43. The van der Waals surface area contributed by atoms with Crippen LogP contribution in [0.2, 0.25) is 0 Å². The average molecular weight is 533 g/mol. The predicted octanol–water partition coefficient (Wildman–Crippen LogP) is 4.83. The summed E-state index contributed by atoms with van der Waals surface area (Å²) in [5, 5.41) is 17.7. The molecular formula is C23H19F3N6O4S. The molecule has 0 bridgehead atoms. The molecule has 0 fully saturated rings. The van der Waals surface area contributed by atoms with E-state index in [0.29, 0.717) is 16.9 Å². The zero-order valence-corrected chi connectivity index (χ0v) is 20.2. The lowest BCUT2D eigenvalue weighted by atomic mass is 10.00. The van der Waals surface area contributed by atoms with Crippen LogP contribution in [0.3, 0.4) is 0 Å². The molecule has 4 aromatic rings. The molecule has 0 saturated heterocycles. The van der Waals surface area contributed by atoms with Crippen LogP contribution in [0.4, 0.5) is 24.5 Å². The van der Waals surface area contributed by atoms with Gasteiger partial charge in [0, 0.05) is 11.8 Å². The van der Waals surface area contributed by atoms with Crippen LogP contribution in [-0.2, 0) is 17.5 Å². The lowest BCUT2D eigenvalue weighted by Gasteiger charge is -2.13. The highest BCUT2D eigenvalue weighted by atomic mass is 32.1. The van der Waals surface area contributed by atoms with Crippen molar-refractivity contribution in [3.8, 4) is 11.1 Å². The summed E-state index contributed by atoms with van der Waals surface area (Å²) < 4.78 is 42.2. The van der Waals surface area contributed by atoms with Gasteiger partial charge in [0.25, 0.3) is 5.91 Å². The number of hydrogen-bond donors (Lipinski definition) is 2. The smallest absolute Gasteiger partial charge is 0.365 e. The van der Waals surface area contributed by atoms with Gasteiger partial charge in [-0.3, -0.25) is 24.4 Å². The number of hydrogen-bond acceptors (Lipinski definition) is 7. The maximum Gasteiger partial charge on any atom is 0.433 e. The average Bonchev–Trinajstić information content (AvgIpc) is 3.37. The first kappa shape index (κ1) is 25.8. The number of primary amides is 1. The number of nitrogens with two attached hydrogens (primary N) is 1. The molecule has 3 N–H and O–H groups in total. The van der Waals surface area contributed by atoms with Crippen molar-refractivity contribution in [2.75, 3.05) is 5.32 Å². The molecule has 4 rings (SSSR count). The Morgan fingerprint density at radius 2 is 1.89 bits per heavy atom. The summed E-state index contributed by atoms with van der Waals surface area (Å²) in [6.07, 6.45) is -3.87. The fourth-order valence-electron chi connectivity index (χ4n) is 3.75. The highest BCUT2D eigenvalue weighted by molar-refractivity contribution is 7.21. The van der Waals surface area contributed by atoms with E-state index in [1.54, 1.807) is 24.3 Å². The Morgan fingerprint density at radius 1 is 1.22 bits per heavy atom. The highest BCUT2D eigenvalue weighted by Gasteiger charge is 2.35. The number of alkyl halides is 3. The topological polar surface area (TPSA) is 146 Å². The number of fused-ring (bicyclic) bond motifs is 1. The van der Waals surface area contributed by atoms with Crippen molar-refractivity contribution in [3.63, 3.8) is 0 Å². The van der Waals surface area contributed by atoms with Crippen LogP contribution in [0.25, 0.3) is 21.3 Å². The number of anilines is 1. The second kappa shape index (κ2) is 9.61. The van der Waals surface area contributed by atoms with Crippen LogP contribution in [0.1, 0.15) is 33.0 Å². The second-order valence-electron chi connectivity index (χ2n) is 8.16. The number of nitrogens with zero attached hydrogens (tertiary/aromatic N) is 4. The van der Waals surface area contributed by atoms with Crippen molar-refractivity contribution in [2.24, 2.45) is 5.73 Å². The normalized spacial score (nSPS) is 11.6. The fraction of sp³-hybridized carbons (Fsp3) is 0.217. The number of nitro groups is 1. The molecule has 0 atom stereocenters. The number of thiophene rings is 1. The van der Waals surface area contributed by atoms with Gasteiger partial charge in [-0.05, 0) is 31.0 Å². The minimum absolute atomic E-state index is 0.0131. The minimum atomic E-state index is -4.75. The summed E-state index contributed by atoms with van der Waals surface area (Å²) in [6, 6.07) is 7.57. The Kier molecular flexibility index (Phi) is 6.69. The van der Waals surface area contributed by atoms with Gasteiger partial charge in [0.15, 0.2) is 0 Å². The van der Waals surface area contributed by atoms with E-state index in [-0.39, 0.29) is 50.7 Å². The number of pyridine rings is 1. The first-order valence-electron chi connectivity index (χ1n) is 10.7. The van der Waals surface area contributed by atoms with Crippen molar-refractivity contribution >= 4 is 44.7 Å². The molecule has 3 aromatic heterocycles. The van der Waals surface area contributed by atoms with Crippen LogP contribution < -0.4 is 11.1 Å². The first-order valence-corrected chi connectivity index (χ1v) is 11.6. The Morgan fingerprint density at radius 3 is 2.46 bits per heavy atom. The summed E-state index contributed by atoms with van der Waals surface area (Å²) in [4.78, 5) is 38.9. The van der Waals surface area contributed by atoms with Gasteiger partial charge in [-0.15, -0.1) is 11.3 Å². The molecule has 0 saturated carbocycles. The van der Waals surface area contributed by atoms with Gasteiger partial charge in [0.2, 0.25) is 5.91 Å². The van der Waals surface area contributed by atoms with Crippen LogP contribution in [0.5, 0.6) is 0 Å². The van der Waals surface area contributed by atoms with E-state index in [2.05, 4.69) is 15.4 Å². The molecule has 3 heterocycles. The Labute approximate surface area is 211 Å². The zero-order chi connectivity index (χ0) is 27.1. The maximum absolute atomic E-state index is 13.6. The summed E-state index contributed by atoms with van der Waals surface area (Å²) in [7, 11) is 0. The summed E-state index contributed by atoms with van der Waals surface area (Å²) in [6.45, 7) is 3.30. The Hall–Kier alpha value is -4.33. The number of halogens is 3. The molecule has 0 radical (unpaired) electrons. The maximum atomic E-state index is 13.6. The largest absolute Gasteiger partial charge is 0.433 e. The van der Waals surface area contributed by atoms with Crippen molar-refractivity contribution in [1.29, 1.82) is 0 Å². The molecule has 0 unspecified atom stereocenters. The van der Waals surface area contributed by atoms with Crippen molar-refractivity contribution in [3.05, 3.63) is 68.5 Å². The number of rotatable bonds is 7. The monoisotopic (exact) mass is 532 g/mol. The van der Waals surface area contributed by atoms with E-state index < -0.39 is 28.6 Å². The third-order valence-corrected chi connectivity index (χ3v) is 6.73. The quantitative estimate of drug-likeness (QED) is 0.257. The van der Waals surface area contributed by atoms with Gasteiger partial charge in [0.1, 0.15) is 27.3 Å². The van der Waals surface area contributed by atoms with E-state index in [1.165, 1.54) is 11.6 Å². The molecule has 10 nitrogen and oxygen atoms in total. The van der Waals surface area contributed by atoms with E-state index in [9.17, 15) is 32.9 Å². The van der Waals surface area contributed by atoms with Crippen molar-refractivity contribution in [2.45, 2.75) is 33.0 Å². The third kappa shape index (κ3) is 5.14. The molecule has 2 amide bonds. The molecule has 37 heavy (non-hydrogen) atoms. The lowest BCUT2D eigenvalue weighted by Crippen LogP contribution is -2.18. The minimum Gasteiger partial charge on any atom is -0.365 e. The molecule has 0 aliphatic rings. The van der Waals surface area contributed by atoms with Gasteiger partial charge in [-0.1, -0.05) is 29.8 Å². The van der Waals surface area contributed by atoms with Crippen molar-refractivity contribution in [1.82, 2.24) is 14.8 Å². The lowest BCUT2D eigenvalue weighted by molar-refractivity contribution is -0.385. The standard InChI is InChI=1S/C23H19F3N6O4S/c1-11-3-5-13(6-4-11)14-9-16(23(24,25)26)29-22-18(14)19(20(37-22)21(27)34)30-17(33)7-8-31-12(2)15(10-28-31)32(35)36/h3-6,9-10H,7-8H2,1-2H3,(H2,27,34)(H,30,33). The van der Waals surface area contributed by atoms with E-state index >= 15 is 0 Å². The Balaban J connectivity index is 1.77. The number of aryl methyl sites for hydroxylation is 2. The van der Waals surface area contributed by atoms with Crippen molar-refractivity contribution < 1.29 is 27.7 Å². The van der Waals surface area contributed by atoms with Crippen LogP contribution >= 0.6 is 11.3 Å². The summed E-state index contributed by atoms with van der Waals surface area (Å²) >= 11 is 0.647. The van der Waals surface area contributed by atoms with Gasteiger partial charge < -0.3 is 11.1 Å². The predicted molar refractivity (Wildman–Crippen MR) is 130 cm³/mol. The molecular weight excluding hydrogens is 513 g/mol. The number of carbonyl (C=O) groups excluding carboxylic acids is 2. The number of aromatic nitrogens is 3. The molecule has 192 valence electrons. The molecule has 1 aromatic carbocycles. The van der Waals surface area contributed by atoms with Gasteiger partial charge in [-0.2, -0.15) is 18.3 Å². The van der Waals surface area contributed by atoms with Crippen LogP contribution in [0.15, 0.2) is 36.5 Å². The zero-order valence-electron chi connectivity index (χ0n) is 19.4. The number of carbonyl (C=O) groups is 2. The van der Waals surface area contributed by atoms with Crippen LogP contribution in [-0.4, -0.2) is 31.5 Å². The van der Waals surface area contributed by atoms with Gasteiger partial charge in [-0.25, -0.2) is 4.98 Å². The van der Waals surface area contributed by atoms with Gasteiger partial charge in [0.05, 0.1) is 17.2 Å². The number of nitrogens with one attached hydrogen (secondary N) is 1. The first-order chi connectivity index (χ1) is 17.4. The van der Waals surface area contributed by atoms with E-state index in [1.807, 2.05) is 6.92 Å². The van der Waals surface area contributed by atoms with Crippen LogP contribution in [0, 0.1) is 24.0 Å². The number of amides is 2.